The van der Waals surface area contributed by atoms with Crippen molar-refractivity contribution in [1.29, 1.82) is 0 Å². The van der Waals surface area contributed by atoms with Gasteiger partial charge in [0.05, 0.1) is 16.1 Å². The van der Waals surface area contributed by atoms with Crippen LogP contribution < -0.4 is 11.1 Å². The standard InChI is InChI=1S/C13H14BrClN2OS/c14-9-4-3-8(15)7-10(9)17-12(18)13(11(16)19)5-1-2-6-13/h3-4,7H,1-2,5-6H2,(H2,16,19)(H,17,18). The van der Waals surface area contributed by atoms with Crippen molar-refractivity contribution < 1.29 is 4.79 Å². The number of nitrogens with one attached hydrogen (secondary N) is 1. The van der Waals surface area contributed by atoms with E-state index in [1.807, 2.05) is 0 Å². The molecule has 1 saturated carbocycles. The second-order valence-electron chi connectivity index (χ2n) is 4.73. The molecule has 0 heterocycles. The molecule has 19 heavy (non-hydrogen) atoms. The number of carbonyl (C=O) groups excluding carboxylic acids is 1. The fraction of sp³-hybridized carbons (Fsp3) is 0.385. The minimum atomic E-state index is -0.711. The van der Waals surface area contributed by atoms with Crippen molar-refractivity contribution in [2.45, 2.75) is 25.7 Å². The van der Waals surface area contributed by atoms with Gasteiger partial charge >= 0.3 is 0 Å². The van der Waals surface area contributed by atoms with Crippen LogP contribution in [0, 0.1) is 5.41 Å². The third-order valence-corrected chi connectivity index (χ3v) is 4.86. The maximum absolute atomic E-state index is 12.5. The van der Waals surface area contributed by atoms with Crippen LogP contribution in [0.4, 0.5) is 5.69 Å². The zero-order chi connectivity index (χ0) is 14.0. The van der Waals surface area contributed by atoms with Gasteiger partial charge in [-0.15, -0.1) is 0 Å². The van der Waals surface area contributed by atoms with Crippen LogP contribution in [0.5, 0.6) is 0 Å². The van der Waals surface area contributed by atoms with Crippen LogP contribution in [0.15, 0.2) is 22.7 Å². The van der Waals surface area contributed by atoms with E-state index in [0.717, 1.165) is 17.3 Å². The predicted octanol–water partition coefficient (Wildman–Crippen LogP) is 3.89. The van der Waals surface area contributed by atoms with Crippen molar-refractivity contribution in [3.8, 4) is 0 Å². The van der Waals surface area contributed by atoms with E-state index < -0.39 is 5.41 Å². The molecule has 1 aromatic carbocycles. The lowest BCUT2D eigenvalue weighted by Gasteiger charge is -2.26. The van der Waals surface area contributed by atoms with E-state index in [0.29, 0.717) is 23.6 Å². The summed E-state index contributed by atoms with van der Waals surface area (Å²) in [6, 6.07) is 5.24. The summed E-state index contributed by atoms with van der Waals surface area (Å²) in [5, 5.41) is 3.44. The van der Waals surface area contributed by atoms with Crippen LogP contribution in [0.2, 0.25) is 5.02 Å². The fourth-order valence-electron chi connectivity index (χ4n) is 2.40. The summed E-state index contributed by atoms with van der Waals surface area (Å²) in [7, 11) is 0. The van der Waals surface area contributed by atoms with Gasteiger partial charge in [0, 0.05) is 9.50 Å². The lowest BCUT2D eigenvalue weighted by atomic mass is 9.85. The Balaban J connectivity index is 2.25. The van der Waals surface area contributed by atoms with E-state index in [-0.39, 0.29) is 10.9 Å². The van der Waals surface area contributed by atoms with Crippen molar-refractivity contribution in [3.05, 3.63) is 27.7 Å². The molecule has 0 radical (unpaired) electrons. The number of hydrogen-bond donors (Lipinski definition) is 2. The molecule has 3 nitrogen and oxygen atoms in total. The third kappa shape index (κ3) is 2.93. The maximum Gasteiger partial charge on any atom is 0.237 e. The molecule has 2 rings (SSSR count). The number of hydrogen-bond acceptors (Lipinski definition) is 2. The van der Waals surface area contributed by atoms with Gasteiger partial charge in [-0.2, -0.15) is 0 Å². The molecular formula is C13H14BrClN2OS. The molecule has 1 aliphatic carbocycles. The first-order chi connectivity index (χ1) is 8.95. The highest BCUT2D eigenvalue weighted by Crippen LogP contribution is 2.40. The van der Waals surface area contributed by atoms with Crippen LogP contribution in [-0.2, 0) is 4.79 Å². The van der Waals surface area contributed by atoms with Crippen LogP contribution in [-0.4, -0.2) is 10.9 Å². The van der Waals surface area contributed by atoms with E-state index >= 15 is 0 Å². The number of thiocarbonyl (C=S) groups is 1. The molecule has 0 saturated heterocycles. The van der Waals surface area contributed by atoms with E-state index in [1.54, 1.807) is 18.2 Å². The van der Waals surface area contributed by atoms with Crippen molar-refractivity contribution >= 4 is 56.3 Å². The molecular weight excluding hydrogens is 348 g/mol. The van der Waals surface area contributed by atoms with E-state index in [9.17, 15) is 4.79 Å². The van der Waals surface area contributed by atoms with Gasteiger partial charge in [-0.1, -0.05) is 36.7 Å². The van der Waals surface area contributed by atoms with Gasteiger partial charge in [-0.05, 0) is 47.0 Å². The van der Waals surface area contributed by atoms with Gasteiger partial charge < -0.3 is 11.1 Å². The Morgan fingerprint density at radius 3 is 2.63 bits per heavy atom. The summed E-state index contributed by atoms with van der Waals surface area (Å²) in [4.78, 5) is 12.8. The predicted molar refractivity (Wildman–Crippen MR) is 85.5 cm³/mol. The Kier molecular flexibility index (Phi) is 4.48. The number of rotatable bonds is 3. The molecule has 0 bridgehead atoms. The lowest BCUT2D eigenvalue weighted by Crippen LogP contribution is -2.44. The summed E-state index contributed by atoms with van der Waals surface area (Å²) < 4.78 is 0.779. The smallest absolute Gasteiger partial charge is 0.237 e. The first-order valence-corrected chi connectivity index (χ1v) is 7.60. The van der Waals surface area contributed by atoms with Gasteiger partial charge in [0.2, 0.25) is 5.91 Å². The number of carbonyl (C=O) groups is 1. The average Bonchev–Trinajstić information content (AvgIpc) is 2.84. The van der Waals surface area contributed by atoms with Gasteiger partial charge in [0.25, 0.3) is 0 Å². The molecule has 1 fully saturated rings. The molecule has 0 aliphatic heterocycles. The van der Waals surface area contributed by atoms with E-state index in [4.69, 9.17) is 29.6 Å². The van der Waals surface area contributed by atoms with Crippen molar-refractivity contribution in [2.24, 2.45) is 11.1 Å². The van der Waals surface area contributed by atoms with Crippen LogP contribution in [0.3, 0.4) is 0 Å². The second-order valence-corrected chi connectivity index (χ2v) is 6.46. The lowest BCUT2D eigenvalue weighted by molar-refractivity contribution is -0.122. The van der Waals surface area contributed by atoms with Gasteiger partial charge in [-0.3, -0.25) is 4.79 Å². The molecule has 1 aliphatic rings. The highest BCUT2D eigenvalue weighted by Gasteiger charge is 2.44. The molecule has 0 unspecified atom stereocenters. The van der Waals surface area contributed by atoms with Crippen LogP contribution >= 0.6 is 39.7 Å². The normalized spacial score (nSPS) is 17.2. The summed E-state index contributed by atoms with van der Waals surface area (Å²) in [6.45, 7) is 0. The second kappa shape index (κ2) is 5.77. The minimum absolute atomic E-state index is 0.138. The summed E-state index contributed by atoms with van der Waals surface area (Å²) in [6.07, 6.45) is 3.38. The number of anilines is 1. The fourth-order valence-corrected chi connectivity index (χ4v) is 3.21. The first kappa shape index (κ1) is 14.8. The number of nitrogens with two attached hydrogens (primary N) is 1. The van der Waals surface area contributed by atoms with Crippen molar-refractivity contribution in [3.63, 3.8) is 0 Å². The minimum Gasteiger partial charge on any atom is -0.392 e. The third-order valence-electron chi connectivity index (χ3n) is 3.54. The Morgan fingerprint density at radius 2 is 2.05 bits per heavy atom. The maximum atomic E-state index is 12.5. The van der Waals surface area contributed by atoms with E-state index in [1.165, 1.54) is 0 Å². The Labute approximate surface area is 131 Å². The molecule has 0 aromatic heterocycles. The monoisotopic (exact) mass is 360 g/mol. The molecule has 102 valence electrons. The van der Waals surface area contributed by atoms with Crippen LogP contribution in [0.25, 0.3) is 0 Å². The SMILES string of the molecule is NC(=S)C1(C(=O)Nc2cc(Cl)ccc2Br)CCCC1. The molecule has 1 amide bonds. The highest BCUT2D eigenvalue weighted by molar-refractivity contribution is 9.10. The average molecular weight is 362 g/mol. The largest absolute Gasteiger partial charge is 0.392 e. The molecule has 6 heteroatoms. The number of amides is 1. The number of benzene rings is 1. The van der Waals surface area contributed by atoms with Crippen molar-refractivity contribution in [1.82, 2.24) is 0 Å². The van der Waals surface area contributed by atoms with E-state index in [2.05, 4.69) is 21.2 Å². The zero-order valence-electron chi connectivity index (χ0n) is 10.2. The molecule has 3 N–H and O–H groups in total. The summed E-state index contributed by atoms with van der Waals surface area (Å²) in [5.74, 6) is -0.138. The summed E-state index contributed by atoms with van der Waals surface area (Å²) >= 11 is 14.4. The summed E-state index contributed by atoms with van der Waals surface area (Å²) in [5.41, 5.74) is 5.72. The molecule has 1 aromatic rings. The van der Waals surface area contributed by atoms with Crippen LogP contribution in [0.1, 0.15) is 25.7 Å². The van der Waals surface area contributed by atoms with Crippen molar-refractivity contribution in [2.75, 3.05) is 5.32 Å². The number of halogens is 2. The van der Waals surface area contributed by atoms with Gasteiger partial charge in [0.1, 0.15) is 0 Å². The molecule has 0 spiro atoms. The Morgan fingerprint density at radius 1 is 1.42 bits per heavy atom. The quantitative estimate of drug-likeness (QED) is 0.803. The topological polar surface area (TPSA) is 55.1 Å². The first-order valence-electron chi connectivity index (χ1n) is 6.02. The molecule has 0 atom stereocenters. The Bertz CT molecular complexity index is 529. The highest BCUT2D eigenvalue weighted by atomic mass is 79.9. The van der Waals surface area contributed by atoms with Gasteiger partial charge in [0.15, 0.2) is 0 Å². The zero-order valence-corrected chi connectivity index (χ0v) is 13.4. The Hall–Kier alpha value is -0.650. The van der Waals surface area contributed by atoms with Gasteiger partial charge in [-0.25, -0.2) is 0 Å².